The van der Waals surface area contributed by atoms with Gasteiger partial charge in [0.2, 0.25) is 5.91 Å². The van der Waals surface area contributed by atoms with Gasteiger partial charge in [-0.2, -0.15) is 9.97 Å². The number of nitrogens with one attached hydrogen (secondary N) is 3. The van der Waals surface area contributed by atoms with E-state index in [1.165, 1.54) is 41.6 Å². The topological polar surface area (TPSA) is 195 Å². The van der Waals surface area contributed by atoms with Crippen molar-refractivity contribution < 1.29 is 42.5 Å². The molecule has 5 aromatic rings. The summed E-state index contributed by atoms with van der Waals surface area (Å²) < 4.78 is 43.3. The highest BCUT2D eigenvalue weighted by molar-refractivity contribution is 6.07. The van der Waals surface area contributed by atoms with Crippen molar-refractivity contribution in [2.45, 2.75) is 94.4 Å². The van der Waals surface area contributed by atoms with Crippen LogP contribution in [0.5, 0.6) is 11.8 Å². The van der Waals surface area contributed by atoms with E-state index in [4.69, 9.17) is 20.9 Å². The van der Waals surface area contributed by atoms with Gasteiger partial charge in [-0.15, -0.1) is 6.42 Å². The summed E-state index contributed by atoms with van der Waals surface area (Å²) in [5.41, 5.74) is 1.91. The molecule has 0 radical (unpaired) electrons. The average Bonchev–Trinajstić information content (AvgIpc) is 4.20. The average molecular weight is 1070 g/mol. The molecule has 5 aliphatic rings. The highest BCUT2D eigenvalue weighted by Crippen LogP contribution is 2.45. The lowest BCUT2D eigenvalue weighted by Gasteiger charge is -2.35. The number of aromatic hydroxyl groups is 1. The minimum Gasteiger partial charge on any atom is -0.508 e. The van der Waals surface area contributed by atoms with Crippen LogP contribution in [0, 0.1) is 29.9 Å². The Morgan fingerprint density at radius 2 is 1.86 bits per heavy atom. The number of phenols is 1. The van der Waals surface area contributed by atoms with Crippen molar-refractivity contribution in [3.05, 3.63) is 102 Å². The third-order valence-electron chi connectivity index (χ3n) is 16.2. The number of halogens is 2. The van der Waals surface area contributed by atoms with Crippen molar-refractivity contribution in [3.8, 4) is 35.4 Å². The second-order valence-corrected chi connectivity index (χ2v) is 21.4. The Balaban J connectivity index is 0.000000213. The Kier molecular flexibility index (Phi) is 17.0. The van der Waals surface area contributed by atoms with Crippen molar-refractivity contribution in [1.82, 2.24) is 40.3 Å². The van der Waals surface area contributed by atoms with Crippen LogP contribution in [0.4, 0.5) is 20.3 Å². The van der Waals surface area contributed by atoms with Crippen LogP contribution in [-0.2, 0) is 14.3 Å². The summed E-state index contributed by atoms with van der Waals surface area (Å²) in [6.07, 6.45) is 17.1. The zero-order valence-electron chi connectivity index (χ0n) is 44.5. The van der Waals surface area contributed by atoms with Crippen LogP contribution in [0.15, 0.2) is 73.6 Å². The monoisotopic (exact) mass is 1070 g/mol. The number of benzene rings is 3. The Bertz CT molecular complexity index is 3150. The number of carbonyl (C=O) groups excluding carboxylic acids is 4. The number of fused-ring (bicyclic) bond motifs is 5. The zero-order chi connectivity index (χ0) is 55.3. The Morgan fingerprint density at radius 1 is 1.09 bits per heavy atom. The number of aromatic nitrogens is 3. The second kappa shape index (κ2) is 24.0. The molecule has 19 heteroatoms. The third-order valence-corrected chi connectivity index (χ3v) is 16.2. The lowest BCUT2D eigenvalue weighted by molar-refractivity contribution is -0.130. The summed E-state index contributed by atoms with van der Waals surface area (Å²) in [5.74, 6) is 1.24. The fourth-order valence-electron chi connectivity index (χ4n) is 12.2. The van der Waals surface area contributed by atoms with Crippen LogP contribution < -0.4 is 25.6 Å². The number of ether oxygens (including phenoxy) is 2. The molecule has 410 valence electrons. The Hall–Kier alpha value is -7.53. The van der Waals surface area contributed by atoms with Crippen LogP contribution >= 0.6 is 0 Å². The van der Waals surface area contributed by atoms with E-state index in [0.717, 1.165) is 70.2 Å². The van der Waals surface area contributed by atoms with E-state index in [1.54, 1.807) is 19.2 Å². The number of hydrogen-bond acceptors (Lipinski definition) is 15. The van der Waals surface area contributed by atoms with Gasteiger partial charge in [-0.25, -0.2) is 8.78 Å². The van der Waals surface area contributed by atoms with E-state index in [9.17, 15) is 28.7 Å². The maximum Gasteiger partial charge on any atom is 0.319 e. The fraction of sp³-hybridized carbons (Fsp3) is 0.441. The molecule has 78 heavy (non-hydrogen) atoms. The first-order valence-electron chi connectivity index (χ1n) is 26.8. The molecule has 0 aliphatic carbocycles. The number of rotatable bonds is 18. The maximum absolute atomic E-state index is 16.9. The predicted octanol–water partition coefficient (Wildman–Crippen LogP) is 7.22. The number of anilines is 2. The number of amides is 2. The number of aldehydes is 1. The van der Waals surface area contributed by atoms with Crippen molar-refractivity contribution in [1.29, 1.82) is 0 Å². The molecule has 5 saturated heterocycles. The summed E-state index contributed by atoms with van der Waals surface area (Å²) in [7, 11) is 3.73. The molecular formula is C59H68F2N10O7. The van der Waals surface area contributed by atoms with E-state index >= 15 is 4.39 Å². The first kappa shape index (κ1) is 55.2. The molecule has 17 nitrogen and oxygen atoms in total. The minimum atomic E-state index is -0.765. The van der Waals surface area contributed by atoms with Crippen molar-refractivity contribution >= 4 is 57.8 Å². The van der Waals surface area contributed by atoms with Crippen LogP contribution in [0.2, 0.25) is 0 Å². The number of piperidine rings is 1. The van der Waals surface area contributed by atoms with Gasteiger partial charge < -0.3 is 45.2 Å². The van der Waals surface area contributed by atoms with E-state index in [1.807, 2.05) is 13.0 Å². The lowest BCUT2D eigenvalue weighted by atomic mass is 9.94. The Labute approximate surface area is 453 Å². The van der Waals surface area contributed by atoms with Crippen molar-refractivity contribution in [3.63, 3.8) is 0 Å². The number of likely N-dealkylation sites (tertiary alicyclic amines) is 1. The van der Waals surface area contributed by atoms with Gasteiger partial charge >= 0.3 is 6.01 Å². The van der Waals surface area contributed by atoms with Gasteiger partial charge in [0.1, 0.15) is 47.9 Å². The molecule has 2 aromatic heterocycles. The molecule has 5 fully saturated rings. The highest BCUT2D eigenvalue weighted by Gasteiger charge is 2.51. The quantitative estimate of drug-likeness (QED) is 0.0390. The smallest absolute Gasteiger partial charge is 0.319 e. The summed E-state index contributed by atoms with van der Waals surface area (Å²) in [6, 6.07) is 10.7. The molecular weight excluding hydrogens is 999 g/mol. The van der Waals surface area contributed by atoms with Gasteiger partial charge in [0.25, 0.3) is 12.4 Å². The molecule has 10 rings (SSSR count). The van der Waals surface area contributed by atoms with E-state index in [2.05, 4.69) is 66.7 Å². The van der Waals surface area contributed by atoms with Crippen LogP contribution in [0.25, 0.3) is 32.9 Å². The van der Waals surface area contributed by atoms with Gasteiger partial charge in [-0.1, -0.05) is 56.2 Å². The van der Waals surface area contributed by atoms with Crippen LogP contribution in [0.3, 0.4) is 0 Å². The molecule has 4 N–H and O–H groups in total. The number of carbonyl (C=O) groups is 4. The maximum atomic E-state index is 16.9. The molecule has 2 amide bonds. The molecule has 0 saturated carbocycles. The number of phenolic OH excluding ortho intramolecular Hbond substituents is 1. The van der Waals surface area contributed by atoms with Gasteiger partial charge in [0, 0.05) is 79.7 Å². The largest absolute Gasteiger partial charge is 0.508 e. The number of nitrogens with zero attached hydrogens (tertiary/aromatic N) is 7. The standard InChI is InChI=1S/C36H34F2N6O4.C23H34N4O3/c1-3-26-29(37)7-4-21-10-25(46)11-27(30(21)26)32-31(38)33-28(13-39-32)34(43-15-22-5-6-23(16-43)40-22)42-35(41-33)48-18-36-9-8-24(17-47-19-45)44(36)14-20(2)12-36;1-5-8-20(22(29)24-6-2)27(4)23(30)21-18(16-28)9-7-10-19(21)25-15-17-11-13-26(3)14-12-17/h1,4,7,10-11,13,19,22-24,40,46H,2,5-6,8-9,12,14-18H2;6-7,9-10,16-17,20,25H,2,5,8,11-15H2,1,3-4H3,(H,24,29). The molecule has 5 unspecified atom stereocenters. The lowest BCUT2D eigenvalue weighted by Crippen LogP contribution is -2.51. The number of pyridine rings is 1. The van der Waals surface area contributed by atoms with E-state index in [0.29, 0.717) is 84.6 Å². The van der Waals surface area contributed by atoms with Crippen molar-refractivity contribution in [2.75, 3.05) is 76.8 Å². The molecule has 0 spiro atoms. The SMILES string of the molecule is C#Cc1c(F)ccc2cc(O)cc(-c3ncc4c(N5CC6CCC(C5)N6)nc(OCC56CCC(COC=O)N5CC(=C)C6)nc4c3F)c12.C=CNC(=O)C(CCC)N(C)C(=O)c1c(C=O)cccc1NCC1CCN(C)CC1. The summed E-state index contributed by atoms with van der Waals surface area (Å²) in [6.45, 7) is 15.6. The second-order valence-electron chi connectivity index (χ2n) is 21.4. The fourth-order valence-corrected chi connectivity index (χ4v) is 12.2. The molecule has 5 aliphatic heterocycles. The minimum absolute atomic E-state index is 0.00472. The van der Waals surface area contributed by atoms with Crippen LogP contribution in [0.1, 0.15) is 91.0 Å². The van der Waals surface area contributed by atoms with Crippen LogP contribution in [-0.4, -0.2) is 156 Å². The summed E-state index contributed by atoms with van der Waals surface area (Å²) in [5, 5.41) is 21.3. The number of terminal acetylenes is 1. The molecule has 7 heterocycles. The summed E-state index contributed by atoms with van der Waals surface area (Å²) >= 11 is 0. The molecule has 3 aromatic carbocycles. The van der Waals surface area contributed by atoms with Crippen molar-refractivity contribution in [2.24, 2.45) is 5.92 Å². The highest BCUT2D eigenvalue weighted by atomic mass is 19.1. The third kappa shape index (κ3) is 11.4. The molecule has 5 atom stereocenters. The predicted molar refractivity (Wildman–Crippen MR) is 295 cm³/mol. The van der Waals surface area contributed by atoms with E-state index < -0.39 is 17.7 Å². The summed E-state index contributed by atoms with van der Waals surface area (Å²) in [4.78, 5) is 70.6. The number of likely N-dealkylation sites (N-methyl/N-ethyl adjacent to an activating group) is 1. The normalized spacial score (nSPS) is 21.5. The van der Waals surface area contributed by atoms with Gasteiger partial charge in [-0.3, -0.25) is 29.1 Å². The van der Waals surface area contributed by atoms with Gasteiger partial charge in [0.15, 0.2) is 12.1 Å². The Morgan fingerprint density at radius 3 is 2.56 bits per heavy atom. The van der Waals surface area contributed by atoms with E-state index in [-0.39, 0.29) is 88.2 Å². The number of hydrogen-bond donors (Lipinski definition) is 4. The number of piperazine rings is 1. The van der Waals surface area contributed by atoms with Gasteiger partial charge in [-0.05, 0) is 113 Å². The zero-order valence-corrected chi connectivity index (χ0v) is 44.5. The first-order chi connectivity index (χ1) is 37.7. The first-order valence-corrected chi connectivity index (χ1v) is 26.8. The molecule has 2 bridgehead atoms. The van der Waals surface area contributed by atoms with Gasteiger partial charge in [0.05, 0.1) is 22.1 Å².